The van der Waals surface area contributed by atoms with Gasteiger partial charge in [-0.1, -0.05) is 30.3 Å². The van der Waals surface area contributed by atoms with Gasteiger partial charge in [0.15, 0.2) is 0 Å². The van der Waals surface area contributed by atoms with E-state index in [0.717, 1.165) is 31.7 Å². The van der Waals surface area contributed by atoms with Crippen LogP contribution < -0.4 is 10.6 Å². The maximum absolute atomic E-state index is 12.3. The van der Waals surface area contributed by atoms with Crippen LogP contribution in [0.1, 0.15) is 24.9 Å². The van der Waals surface area contributed by atoms with E-state index in [2.05, 4.69) is 10.6 Å². The predicted octanol–water partition coefficient (Wildman–Crippen LogP) is 0.963. The molecule has 2 atom stereocenters. The average Bonchev–Trinajstić information content (AvgIpc) is 2.96. The van der Waals surface area contributed by atoms with Crippen molar-refractivity contribution in [1.29, 1.82) is 0 Å². The summed E-state index contributed by atoms with van der Waals surface area (Å²) in [5, 5.41) is 6.24. The third-order valence-corrected chi connectivity index (χ3v) is 4.64. The van der Waals surface area contributed by atoms with Gasteiger partial charge < -0.3 is 20.4 Å². The number of urea groups is 1. The average molecular weight is 316 g/mol. The lowest BCUT2D eigenvalue weighted by Crippen LogP contribution is -2.52. The predicted molar refractivity (Wildman–Crippen MR) is 87.9 cm³/mol. The minimum absolute atomic E-state index is 0.0322. The van der Waals surface area contributed by atoms with Gasteiger partial charge in [-0.3, -0.25) is 4.79 Å². The summed E-state index contributed by atoms with van der Waals surface area (Å²) < 4.78 is 0. The third kappa shape index (κ3) is 3.64. The molecule has 0 aliphatic carbocycles. The number of hydrogen-bond donors (Lipinski definition) is 2. The van der Waals surface area contributed by atoms with Crippen molar-refractivity contribution < 1.29 is 9.59 Å². The highest BCUT2D eigenvalue weighted by atomic mass is 16.2. The molecule has 2 fully saturated rings. The lowest BCUT2D eigenvalue weighted by atomic mass is 10.1. The fourth-order valence-corrected chi connectivity index (χ4v) is 3.25. The molecule has 124 valence electrons. The van der Waals surface area contributed by atoms with Gasteiger partial charge in [0.2, 0.25) is 5.91 Å². The second-order valence-electron chi connectivity index (χ2n) is 6.22. The summed E-state index contributed by atoms with van der Waals surface area (Å²) in [5.74, 6) is 0.104. The van der Waals surface area contributed by atoms with Crippen LogP contribution in [-0.2, 0) is 4.79 Å². The molecular weight excluding hydrogens is 292 g/mol. The van der Waals surface area contributed by atoms with Crippen molar-refractivity contribution in [2.45, 2.75) is 25.4 Å². The highest BCUT2D eigenvalue weighted by Crippen LogP contribution is 2.25. The maximum Gasteiger partial charge on any atom is 0.317 e. The van der Waals surface area contributed by atoms with Crippen LogP contribution in [0.3, 0.4) is 0 Å². The van der Waals surface area contributed by atoms with Crippen LogP contribution in [-0.4, -0.2) is 60.5 Å². The van der Waals surface area contributed by atoms with Gasteiger partial charge in [0.05, 0.1) is 12.1 Å². The first-order chi connectivity index (χ1) is 11.1. The fourth-order valence-electron chi connectivity index (χ4n) is 3.25. The summed E-state index contributed by atoms with van der Waals surface area (Å²) in [5.41, 5.74) is 1.12. The monoisotopic (exact) mass is 316 g/mol. The largest absolute Gasteiger partial charge is 0.334 e. The number of nitrogens with one attached hydrogen (secondary N) is 2. The van der Waals surface area contributed by atoms with E-state index in [1.165, 1.54) is 0 Å². The van der Waals surface area contributed by atoms with E-state index in [0.29, 0.717) is 13.0 Å². The molecule has 0 bridgehead atoms. The molecule has 23 heavy (non-hydrogen) atoms. The SMILES string of the molecule is CC(c1ccccc1)N1CC(NC(=O)N2CCNCC2)CC1=O. The fraction of sp³-hybridized carbons (Fsp3) is 0.529. The van der Waals surface area contributed by atoms with E-state index in [1.54, 1.807) is 0 Å². The highest BCUT2D eigenvalue weighted by molar-refractivity contribution is 5.82. The van der Waals surface area contributed by atoms with Crippen molar-refractivity contribution >= 4 is 11.9 Å². The van der Waals surface area contributed by atoms with Gasteiger partial charge in [0.1, 0.15) is 0 Å². The molecule has 2 aliphatic heterocycles. The van der Waals surface area contributed by atoms with E-state index >= 15 is 0 Å². The smallest absolute Gasteiger partial charge is 0.317 e. The molecule has 2 unspecified atom stereocenters. The highest BCUT2D eigenvalue weighted by Gasteiger charge is 2.34. The molecule has 6 nitrogen and oxygen atoms in total. The van der Waals surface area contributed by atoms with Crippen molar-refractivity contribution in [3.8, 4) is 0 Å². The van der Waals surface area contributed by atoms with Crippen LogP contribution >= 0.6 is 0 Å². The molecule has 2 N–H and O–H groups in total. The zero-order chi connectivity index (χ0) is 16.2. The molecule has 0 spiro atoms. The molecule has 0 radical (unpaired) electrons. The number of piperazine rings is 1. The van der Waals surface area contributed by atoms with Crippen LogP contribution in [0.5, 0.6) is 0 Å². The third-order valence-electron chi connectivity index (χ3n) is 4.64. The first kappa shape index (κ1) is 15.8. The Balaban J connectivity index is 1.58. The molecule has 2 saturated heterocycles. The quantitative estimate of drug-likeness (QED) is 0.873. The van der Waals surface area contributed by atoms with Crippen molar-refractivity contribution in [2.75, 3.05) is 32.7 Å². The van der Waals surface area contributed by atoms with Gasteiger partial charge in [-0.05, 0) is 12.5 Å². The standard InChI is InChI=1S/C17H24N4O2/c1-13(14-5-3-2-4-6-14)21-12-15(11-16(21)22)19-17(23)20-9-7-18-8-10-20/h2-6,13,15,18H,7-12H2,1H3,(H,19,23). The number of rotatable bonds is 3. The number of nitrogens with zero attached hydrogens (tertiary/aromatic N) is 2. The molecule has 1 aromatic carbocycles. The van der Waals surface area contributed by atoms with Crippen molar-refractivity contribution in [3.63, 3.8) is 0 Å². The number of amides is 3. The van der Waals surface area contributed by atoms with E-state index < -0.39 is 0 Å². The first-order valence-corrected chi connectivity index (χ1v) is 8.25. The molecule has 2 aliphatic rings. The molecule has 6 heteroatoms. The second kappa shape index (κ2) is 7.00. The Morgan fingerprint density at radius 3 is 2.65 bits per heavy atom. The van der Waals surface area contributed by atoms with Crippen LogP contribution in [0.2, 0.25) is 0 Å². The first-order valence-electron chi connectivity index (χ1n) is 8.25. The van der Waals surface area contributed by atoms with Crippen molar-refractivity contribution in [1.82, 2.24) is 20.4 Å². The summed E-state index contributed by atoms with van der Waals surface area (Å²) in [6.45, 7) is 5.70. The summed E-state index contributed by atoms with van der Waals surface area (Å²) >= 11 is 0. The summed E-state index contributed by atoms with van der Waals surface area (Å²) in [7, 11) is 0. The van der Waals surface area contributed by atoms with Crippen LogP contribution in [0.15, 0.2) is 30.3 Å². The topological polar surface area (TPSA) is 64.7 Å². The minimum Gasteiger partial charge on any atom is -0.334 e. The van der Waals surface area contributed by atoms with E-state index in [9.17, 15) is 9.59 Å². The molecule has 0 saturated carbocycles. The van der Waals surface area contributed by atoms with Crippen molar-refractivity contribution in [3.05, 3.63) is 35.9 Å². The maximum atomic E-state index is 12.3. The van der Waals surface area contributed by atoms with Gasteiger partial charge in [0.25, 0.3) is 0 Å². The lowest BCUT2D eigenvalue weighted by molar-refractivity contribution is -0.129. The van der Waals surface area contributed by atoms with Gasteiger partial charge in [-0.2, -0.15) is 0 Å². The Labute approximate surface area is 136 Å². The number of carbonyl (C=O) groups excluding carboxylic acids is 2. The molecule has 0 aromatic heterocycles. The number of likely N-dealkylation sites (tertiary alicyclic amines) is 1. The number of carbonyl (C=O) groups is 2. The number of hydrogen-bond acceptors (Lipinski definition) is 3. The summed E-state index contributed by atoms with van der Waals surface area (Å²) in [6.07, 6.45) is 0.384. The van der Waals surface area contributed by atoms with E-state index in [4.69, 9.17) is 0 Å². The zero-order valence-electron chi connectivity index (χ0n) is 13.5. The van der Waals surface area contributed by atoms with Crippen LogP contribution in [0.4, 0.5) is 4.79 Å². The Kier molecular flexibility index (Phi) is 4.81. The Bertz CT molecular complexity index is 557. The second-order valence-corrected chi connectivity index (χ2v) is 6.22. The van der Waals surface area contributed by atoms with E-state index in [1.807, 2.05) is 47.1 Å². The molecule has 2 heterocycles. The number of benzene rings is 1. The van der Waals surface area contributed by atoms with Gasteiger partial charge in [-0.15, -0.1) is 0 Å². The zero-order valence-corrected chi connectivity index (χ0v) is 13.5. The van der Waals surface area contributed by atoms with Gasteiger partial charge in [-0.25, -0.2) is 4.79 Å². The molecule has 3 amide bonds. The lowest BCUT2D eigenvalue weighted by Gasteiger charge is -2.29. The Morgan fingerprint density at radius 1 is 1.26 bits per heavy atom. The van der Waals surface area contributed by atoms with Crippen LogP contribution in [0, 0.1) is 0 Å². The molecular formula is C17H24N4O2. The Hall–Kier alpha value is -2.08. The normalized spacial score (nSPS) is 23.0. The van der Waals surface area contributed by atoms with E-state index in [-0.39, 0.29) is 24.0 Å². The Morgan fingerprint density at radius 2 is 1.96 bits per heavy atom. The summed E-state index contributed by atoms with van der Waals surface area (Å²) in [6, 6.07) is 9.87. The minimum atomic E-state index is -0.101. The van der Waals surface area contributed by atoms with Crippen LogP contribution in [0.25, 0.3) is 0 Å². The molecule has 3 rings (SSSR count). The van der Waals surface area contributed by atoms with Gasteiger partial charge >= 0.3 is 6.03 Å². The van der Waals surface area contributed by atoms with Crippen molar-refractivity contribution in [2.24, 2.45) is 0 Å². The molecule has 1 aromatic rings. The van der Waals surface area contributed by atoms with Gasteiger partial charge in [0, 0.05) is 39.1 Å². The summed E-state index contributed by atoms with van der Waals surface area (Å²) in [4.78, 5) is 28.2.